The highest BCUT2D eigenvalue weighted by Gasteiger charge is 2.41. The molecule has 0 aromatic heterocycles. The van der Waals surface area contributed by atoms with E-state index in [4.69, 9.17) is 16.3 Å². The highest BCUT2D eigenvalue weighted by Crippen LogP contribution is 2.40. The molecule has 0 fully saturated rings. The van der Waals surface area contributed by atoms with E-state index in [-0.39, 0.29) is 5.97 Å². The Hall–Kier alpha value is -1.50. The van der Waals surface area contributed by atoms with Crippen molar-refractivity contribution in [1.29, 1.82) is 0 Å². The molecule has 1 aromatic rings. The van der Waals surface area contributed by atoms with Crippen molar-refractivity contribution in [2.24, 2.45) is 0 Å². The number of halogens is 1. The third-order valence-corrected chi connectivity index (χ3v) is 11.7. The zero-order valence-corrected chi connectivity index (χ0v) is 18.8. The second-order valence-corrected chi connectivity index (χ2v) is 13.6. The largest absolute Gasteiger partial charge is 0.466 e. The Morgan fingerprint density at radius 2 is 1.58 bits per heavy atom. The van der Waals surface area contributed by atoms with Crippen LogP contribution in [-0.4, -0.2) is 21.2 Å². The van der Waals surface area contributed by atoms with Crippen molar-refractivity contribution < 1.29 is 9.53 Å². The molecule has 0 N–H and O–H groups in total. The average Bonchev–Trinajstić information content (AvgIpc) is 2.57. The van der Waals surface area contributed by atoms with E-state index in [1.807, 2.05) is 30.3 Å². The maximum atomic E-state index is 12.2. The monoisotopic (exact) mass is 390 g/mol. The lowest BCUT2D eigenvalue weighted by Gasteiger charge is -2.38. The topological polar surface area (TPSA) is 26.3 Å². The molecule has 0 bridgehead atoms. The number of carbonyl (C=O) groups is 1. The van der Waals surface area contributed by atoms with Crippen molar-refractivity contribution >= 4 is 31.7 Å². The fourth-order valence-electron chi connectivity index (χ4n) is 3.80. The minimum Gasteiger partial charge on any atom is -0.466 e. The molecule has 0 atom stereocenters. The van der Waals surface area contributed by atoms with E-state index in [1.54, 1.807) is 0 Å². The van der Waals surface area contributed by atoms with Crippen LogP contribution < -0.4 is 0 Å². The van der Waals surface area contributed by atoms with Crippen LogP contribution in [0, 0.1) is 11.5 Å². The number of benzene rings is 1. The normalized spacial score (nSPS) is 12.3. The number of hydrogen-bond acceptors (Lipinski definition) is 2. The Bertz CT molecular complexity index is 669. The molecule has 0 unspecified atom stereocenters. The Balaban J connectivity index is 3.20. The van der Waals surface area contributed by atoms with Crippen LogP contribution in [0.4, 0.5) is 0 Å². The number of carbonyl (C=O) groups excluding carboxylic acids is 1. The van der Waals surface area contributed by atoms with E-state index in [9.17, 15) is 4.79 Å². The molecule has 0 aliphatic rings. The summed E-state index contributed by atoms with van der Waals surface area (Å²) in [6.45, 7) is 13.7. The molecule has 2 nitrogen and oxygen atoms in total. The summed E-state index contributed by atoms with van der Waals surface area (Å²) in [6.07, 6.45) is 2.23. The van der Waals surface area contributed by atoms with E-state index in [0.29, 0.717) is 33.6 Å². The van der Waals surface area contributed by atoms with Gasteiger partial charge >= 0.3 is 5.97 Å². The van der Waals surface area contributed by atoms with Crippen LogP contribution in [-0.2, 0) is 9.53 Å². The molecule has 0 amide bonds. The molecule has 0 saturated heterocycles. The number of methoxy groups -OCH3 is 1. The van der Waals surface area contributed by atoms with Crippen molar-refractivity contribution in [3.63, 3.8) is 0 Å². The summed E-state index contributed by atoms with van der Waals surface area (Å²) in [7, 11) is -0.393. The number of rotatable bonds is 6. The molecule has 4 heteroatoms. The van der Waals surface area contributed by atoms with E-state index in [1.165, 1.54) is 7.11 Å². The lowest BCUT2D eigenvalue weighted by Crippen LogP contribution is -2.43. The third kappa shape index (κ3) is 5.49. The van der Waals surface area contributed by atoms with Gasteiger partial charge in [0.25, 0.3) is 0 Å². The molecule has 0 heterocycles. The maximum Gasteiger partial charge on any atom is 0.334 e. The molecule has 142 valence electrons. The fraction of sp³-hybridized carbons (Fsp3) is 0.500. The Kier molecular flexibility index (Phi) is 8.66. The maximum absolute atomic E-state index is 12.2. The SMILES string of the molecule is COC(=O)/C(=C\c1ccc(Cl)cc1)CC#C[Si](C(C)C)(C(C)C)C(C)C. The first-order valence-corrected chi connectivity index (χ1v) is 11.8. The van der Waals surface area contributed by atoms with Gasteiger partial charge in [0.1, 0.15) is 8.07 Å². The second kappa shape index (κ2) is 9.99. The lowest BCUT2D eigenvalue weighted by molar-refractivity contribution is -0.136. The predicted octanol–water partition coefficient (Wildman–Crippen LogP) is 6.51. The molecule has 1 aromatic carbocycles. The van der Waals surface area contributed by atoms with Gasteiger partial charge in [-0.15, -0.1) is 11.5 Å². The average molecular weight is 391 g/mol. The quantitative estimate of drug-likeness (QED) is 0.239. The third-order valence-electron chi connectivity index (χ3n) is 5.11. The van der Waals surface area contributed by atoms with Crippen LogP contribution in [0.3, 0.4) is 0 Å². The number of esters is 1. The van der Waals surface area contributed by atoms with Crippen LogP contribution in [0.25, 0.3) is 6.08 Å². The van der Waals surface area contributed by atoms with Gasteiger partial charge in [-0.2, -0.15) is 0 Å². The Labute approximate surface area is 165 Å². The van der Waals surface area contributed by atoms with Gasteiger partial charge in [-0.1, -0.05) is 65.3 Å². The van der Waals surface area contributed by atoms with Crippen LogP contribution in [0.1, 0.15) is 53.5 Å². The summed E-state index contributed by atoms with van der Waals surface area (Å²) >= 11 is 5.93. The summed E-state index contributed by atoms with van der Waals surface area (Å²) < 4.78 is 4.94. The molecule has 26 heavy (non-hydrogen) atoms. The van der Waals surface area contributed by atoms with Gasteiger partial charge in [-0.05, 0) is 40.4 Å². The van der Waals surface area contributed by atoms with Crippen molar-refractivity contribution in [2.75, 3.05) is 7.11 Å². The van der Waals surface area contributed by atoms with Crippen molar-refractivity contribution in [3.05, 3.63) is 40.4 Å². The van der Waals surface area contributed by atoms with Crippen LogP contribution >= 0.6 is 11.6 Å². The molecule has 0 aliphatic carbocycles. The number of hydrogen-bond donors (Lipinski definition) is 0. The van der Waals surface area contributed by atoms with E-state index in [2.05, 4.69) is 53.0 Å². The molecule has 1 rings (SSSR count). The van der Waals surface area contributed by atoms with Crippen LogP contribution in [0.2, 0.25) is 21.6 Å². The smallest absolute Gasteiger partial charge is 0.334 e. The summed E-state index contributed by atoms with van der Waals surface area (Å²) in [5.41, 5.74) is 6.84. The summed E-state index contributed by atoms with van der Waals surface area (Å²) in [5, 5.41) is 0.670. The molecule has 0 spiro atoms. The highest BCUT2D eigenvalue weighted by atomic mass is 35.5. The van der Waals surface area contributed by atoms with E-state index >= 15 is 0 Å². The fourth-order valence-corrected chi connectivity index (χ4v) is 9.19. The zero-order chi connectivity index (χ0) is 19.9. The molecule has 0 radical (unpaired) electrons. The van der Waals surface area contributed by atoms with Crippen molar-refractivity contribution in [2.45, 2.75) is 64.6 Å². The lowest BCUT2D eigenvalue weighted by atomic mass is 10.1. The zero-order valence-electron chi connectivity index (χ0n) is 17.0. The van der Waals surface area contributed by atoms with Crippen molar-refractivity contribution in [1.82, 2.24) is 0 Å². The highest BCUT2D eigenvalue weighted by molar-refractivity contribution is 6.90. The van der Waals surface area contributed by atoms with Gasteiger partial charge in [0.05, 0.1) is 7.11 Å². The van der Waals surface area contributed by atoms with Crippen molar-refractivity contribution in [3.8, 4) is 11.5 Å². The standard InChI is InChI=1S/C22H31ClO2Si/c1-16(2)26(17(3)4,18(5)6)14-8-9-20(22(24)25-7)15-19-10-12-21(23)13-11-19/h10-13,15-18H,9H2,1-7H3/b20-15-. The molecule has 0 aliphatic heterocycles. The minimum absolute atomic E-state index is 0.333. The summed E-state index contributed by atoms with van der Waals surface area (Å²) in [5.74, 6) is 3.00. The van der Waals surface area contributed by atoms with Gasteiger partial charge in [-0.3, -0.25) is 0 Å². The predicted molar refractivity (Wildman–Crippen MR) is 115 cm³/mol. The minimum atomic E-state index is -1.80. The Morgan fingerprint density at radius 1 is 1.08 bits per heavy atom. The van der Waals surface area contributed by atoms with Gasteiger partial charge in [0.15, 0.2) is 0 Å². The van der Waals surface area contributed by atoms with Crippen LogP contribution in [0.5, 0.6) is 0 Å². The first-order chi connectivity index (χ1) is 12.1. The van der Waals surface area contributed by atoms with Gasteiger partial charge < -0.3 is 4.74 Å². The van der Waals surface area contributed by atoms with Gasteiger partial charge in [0.2, 0.25) is 0 Å². The van der Waals surface area contributed by atoms with Gasteiger partial charge in [0, 0.05) is 17.0 Å². The number of ether oxygens (including phenoxy) is 1. The van der Waals surface area contributed by atoms with Crippen LogP contribution in [0.15, 0.2) is 29.8 Å². The van der Waals surface area contributed by atoms with E-state index < -0.39 is 8.07 Å². The molecule has 0 saturated carbocycles. The molecular formula is C22H31ClO2Si. The first kappa shape index (κ1) is 22.5. The summed E-state index contributed by atoms with van der Waals surface area (Å²) in [4.78, 5) is 12.2. The first-order valence-electron chi connectivity index (χ1n) is 9.19. The second-order valence-electron chi connectivity index (χ2n) is 7.59. The Morgan fingerprint density at radius 3 is 2.00 bits per heavy atom. The molecular weight excluding hydrogens is 360 g/mol. The van der Waals surface area contributed by atoms with Gasteiger partial charge in [-0.25, -0.2) is 4.79 Å². The summed E-state index contributed by atoms with van der Waals surface area (Å²) in [6, 6.07) is 7.38. The van der Waals surface area contributed by atoms with E-state index in [0.717, 1.165) is 5.56 Å².